The number of nitrogens with one attached hydrogen (secondary N) is 2. The van der Waals surface area contributed by atoms with Crippen molar-refractivity contribution < 1.29 is 17.9 Å². The number of ether oxygens (including phenoxy) is 1. The molecule has 1 aliphatic rings. The quantitative estimate of drug-likeness (QED) is 0.670. The lowest BCUT2D eigenvalue weighted by Crippen LogP contribution is -2.35. The van der Waals surface area contributed by atoms with Crippen LogP contribution < -0.4 is 10.0 Å². The largest absolute Gasteiger partial charge is 0.379 e. The molecule has 0 aromatic heterocycles. The smallest absolute Gasteiger partial charge is 0.240 e. The number of amides is 1. The second-order valence-electron chi connectivity index (χ2n) is 7.55. The summed E-state index contributed by atoms with van der Waals surface area (Å²) in [5.41, 5.74) is 3.51. The van der Waals surface area contributed by atoms with Crippen molar-refractivity contribution in [1.82, 2.24) is 9.62 Å². The normalized spacial score (nSPS) is 15.1. The number of morpholine rings is 1. The van der Waals surface area contributed by atoms with Gasteiger partial charge in [-0.2, -0.15) is 0 Å². The van der Waals surface area contributed by atoms with E-state index in [0.29, 0.717) is 11.3 Å². The summed E-state index contributed by atoms with van der Waals surface area (Å²) in [4.78, 5) is 14.8. The first kappa shape index (κ1) is 22.4. The zero-order chi connectivity index (χ0) is 21.6. The first-order valence-corrected chi connectivity index (χ1v) is 11.6. The molecule has 1 aliphatic heterocycles. The maximum atomic E-state index is 12.5. The number of carbonyl (C=O) groups is 1. The van der Waals surface area contributed by atoms with Crippen LogP contribution in [0, 0.1) is 13.8 Å². The van der Waals surface area contributed by atoms with Crippen LogP contribution in [0.4, 0.5) is 5.69 Å². The van der Waals surface area contributed by atoms with Gasteiger partial charge in [-0.05, 0) is 43.2 Å². The molecule has 3 rings (SSSR count). The molecular formula is C22H29N3O4S. The Kier molecular flexibility index (Phi) is 7.60. The van der Waals surface area contributed by atoms with Crippen molar-refractivity contribution in [3.8, 4) is 0 Å². The number of rotatable bonds is 8. The highest BCUT2D eigenvalue weighted by Crippen LogP contribution is 2.17. The number of anilines is 1. The van der Waals surface area contributed by atoms with E-state index in [1.807, 2.05) is 37.3 Å². The van der Waals surface area contributed by atoms with Crippen LogP contribution in [0.2, 0.25) is 0 Å². The molecule has 0 bridgehead atoms. The van der Waals surface area contributed by atoms with E-state index in [4.69, 9.17) is 4.74 Å². The van der Waals surface area contributed by atoms with Crippen molar-refractivity contribution in [3.05, 3.63) is 59.2 Å². The lowest BCUT2D eigenvalue weighted by molar-refractivity contribution is -0.116. The van der Waals surface area contributed by atoms with E-state index in [1.54, 1.807) is 19.1 Å². The molecule has 1 amide bonds. The van der Waals surface area contributed by atoms with Gasteiger partial charge in [-0.3, -0.25) is 9.69 Å². The van der Waals surface area contributed by atoms with Gasteiger partial charge in [-0.1, -0.05) is 29.8 Å². The third-order valence-corrected chi connectivity index (χ3v) is 6.61. The topological polar surface area (TPSA) is 87.7 Å². The van der Waals surface area contributed by atoms with E-state index in [1.165, 1.54) is 0 Å². The summed E-state index contributed by atoms with van der Waals surface area (Å²) in [6.07, 6.45) is 0.0534. The van der Waals surface area contributed by atoms with Crippen molar-refractivity contribution in [2.45, 2.75) is 31.7 Å². The first-order valence-electron chi connectivity index (χ1n) is 10.1. The van der Waals surface area contributed by atoms with E-state index in [-0.39, 0.29) is 23.8 Å². The lowest BCUT2D eigenvalue weighted by Gasteiger charge is -2.26. The Morgan fingerprint density at radius 1 is 1.10 bits per heavy atom. The highest BCUT2D eigenvalue weighted by atomic mass is 32.2. The van der Waals surface area contributed by atoms with Crippen molar-refractivity contribution in [2.24, 2.45) is 0 Å². The van der Waals surface area contributed by atoms with Gasteiger partial charge in [-0.25, -0.2) is 13.1 Å². The number of hydrogen-bond donors (Lipinski definition) is 2. The van der Waals surface area contributed by atoms with Crippen molar-refractivity contribution in [2.75, 3.05) is 38.2 Å². The maximum absolute atomic E-state index is 12.5. The molecule has 7 nitrogen and oxygen atoms in total. The van der Waals surface area contributed by atoms with Crippen LogP contribution in [0.1, 0.15) is 23.1 Å². The lowest BCUT2D eigenvalue weighted by atomic mass is 10.1. The summed E-state index contributed by atoms with van der Waals surface area (Å²) in [7, 11) is -3.65. The Morgan fingerprint density at radius 2 is 1.87 bits per heavy atom. The monoisotopic (exact) mass is 431 g/mol. The first-order chi connectivity index (χ1) is 14.3. The predicted octanol–water partition coefficient (Wildman–Crippen LogP) is 2.44. The molecule has 2 aromatic rings. The molecule has 0 spiro atoms. The van der Waals surface area contributed by atoms with Gasteiger partial charge in [0.05, 0.1) is 18.1 Å². The number of nitrogens with zero attached hydrogens (tertiary/aromatic N) is 1. The number of hydrogen-bond acceptors (Lipinski definition) is 5. The molecule has 0 atom stereocenters. The molecule has 0 aliphatic carbocycles. The minimum absolute atomic E-state index is 0.0367. The molecule has 162 valence electrons. The van der Waals surface area contributed by atoms with Crippen molar-refractivity contribution in [3.63, 3.8) is 0 Å². The Labute approximate surface area is 178 Å². The van der Waals surface area contributed by atoms with E-state index in [2.05, 4.69) is 14.9 Å². The van der Waals surface area contributed by atoms with E-state index in [9.17, 15) is 13.2 Å². The van der Waals surface area contributed by atoms with Gasteiger partial charge >= 0.3 is 0 Å². The summed E-state index contributed by atoms with van der Waals surface area (Å²) < 4.78 is 32.8. The van der Waals surface area contributed by atoms with Gasteiger partial charge in [-0.15, -0.1) is 0 Å². The molecule has 1 fully saturated rings. The van der Waals surface area contributed by atoms with Crippen LogP contribution >= 0.6 is 0 Å². The molecule has 0 radical (unpaired) electrons. The molecule has 1 saturated heterocycles. The second kappa shape index (κ2) is 10.2. The van der Waals surface area contributed by atoms with Gasteiger partial charge in [0.15, 0.2) is 0 Å². The fourth-order valence-corrected chi connectivity index (χ4v) is 4.72. The van der Waals surface area contributed by atoms with Gasteiger partial charge in [0, 0.05) is 38.3 Å². The van der Waals surface area contributed by atoms with Gasteiger partial charge in [0.25, 0.3) is 0 Å². The third kappa shape index (κ3) is 6.37. The zero-order valence-corrected chi connectivity index (χ0v) is 18.3. The van der Waals surface area contributed by atoms with E-state index in [0.717, 1.165) is 44.0 Å². The molecule has 0 unspecified atom stereocenters. The third-order valence-electron chi connectivity index (χ3n) is 4.98. The summed E-state index contributed by atoms with van der Waals surface area (Å²) in [6.45, 7) is 7.81. The molecule has 1 heterocycles. The van der Waals surface area contributed by atoms with Gasteiger partial charge < -0.3 is 10.1 Å². The standard InChI is InChI=1S/C22H29N3O4S/c1-17-6-7-21(18(2)14-17)30(27,28)23-9-8-22(26)24-20-5-3-4-19(15-20)16-25-10-12-29-13-11-25/h3-7,14-15,23H,8-13,16H2,1-2H3,(H,24,26). The average molecular weight is 432 g/mol. The predicted molar refractivity (Wildman–Crippen MR) is 117 cm³/mol. The summed E-state index contributed by atoms with van der Waals surface area (Å²) in [6, 6.07) is 12.9. The van der Waals surface area contributed by atoms with Crippen LogP contribution in [0.15, 0.2) is 47.4 Å². The molecule has 0 saturated carbocycles. The minimum Gasteiger partial charge on any atom is -0.379 e. The van der Waals surface area contributed by atoms with Crippen LogP contribution in [0.3, 0.4) is 0 Å². The second-order valence-corrected chi connectivity index (χ2v) is 9.29. The summed E-state index contributed by atoms with van der Waals surface area (Å²) >= 11 is 0. The highest BCUT2D eigenvalue weighted by Gasteiger charge is 2.17. The minimum atomic E-state index is -3.65. The summed E-state index contributed by atoms with van der Waals surface area (Å²) in [5, 5.41) is 2.85. The van der Waals surface area contributed by atoms with Gasteiger partial charge in [0.1, 0.15) is 0 Å². The fraction of sp³-hybridized carbons (Fsp3) is 0.409. The Hall–Kier alpha value is -2.26. The van der Waals surface area contributed by atoms with Gasteiger partial charge in [0.2, 0.25) is 15.9 Å². The molecule has 30 heavy (non-hydrogen) atoms. The molecule has 2 aromatic carbocycles. The Balaban J connectivity index is 1.50. The van der Waals surface area contributed by atoms with Crippen LogP contribution in [0.5, 0.6) is 0 Å². The zero-order valence-electron chi connectivity index (χ0n) is 17.5. The molecule has 2 N–H and O–H groups in total. The number of carbonyl (C=O) groups excluding carboxylic acids is 1. The van der Waals surface area contributed by atoms with E-state index < -0.39 is 10.0 Å². The number of aryl methyl sites for hydroxylation is 2. The Morgan fingerprint density at radius 3 is 2.60 bits per heavy atom. The molecule has 8 heteroatoms. The maximum Gasteiger partial charge on any atom is 0.240 e. The van der Waals surface area contributed by atoms with Crippen LogP contribution in [-0.4, -0.2) is 52.1 Å². The average Bonchev–Trinajstić information content (AvgIpc) is 2.68. The van der Waals surface area contributed by atoms with Crippen LogP contribution in [-0.2, 0) is 26.1 Å². The molecular weight excluding hydrogens is 402 g/mol. The SMILES string of the molecule is Cc1ccc(S(=O)(=O)NCCC(=O)Nc2cccc(CN3CCOCC3)c2)c(C)c1. The highest BCUT2D eigenvalue weighted by molar-refractivity contribution is 7.89. The Bertz CT molecular complexity index is 986. The van der Waals surface area contributed by atoms with E-state index >= 15 is 0 Å². The number of benzene rings is 2. The number of sulfonamides is 1. The van der Waals surface area contributed by atoms with Crippen LogP contribution in [0.25, 0.3) is 0 Å². The summed E-state index contributed by atoms with van der Waals surface area (Å²) in [5.74, 6) is -0.234. The van der Waals surface area contributed by atoms with Crippen molar-refractivity contribution in [1.29, 1.82) is 0 Å². The fourth-order valence-electron chi connectivity index (χ4n) is 3.47. The van der Waals surface area contributed by atoms with Crippen molar-refractivity contribution >= 4 is 21.6 Å².